The summed E-state index contributed by atoms with van der Waals surface area (Å²) >= 11 is 0. The van der Waals surface area contributed by atoms with Gasteiger partial charge in [-0.2, -0.15) is 34.8 Å². The van der Waals surface area contributed by atoms with Gasteiger partial charge >= 0.3 is 68.9 Å². The predicted octanol–water partition coefficient (Wildman–Crippen LogP) is 2.42. The van der Waals surface area contributed by atoms with Crippen molar-refractivity contribution in [1.29, 1.82) is 0 Å². The molecule has 0 spiro atoms. The number of carboxylic acids is 1. The summed E-state index contributed by atoms with van der Waals surface area (Å²) in [6.45, 7) is -1.33. The summed E-state index contributed by atoms with van der Waals surface area (Å²) in [4.78, 5) is 23.5. The molecule has 4 bridgehead atoms. The van der Waals surface area contributed by atoms with Gasteiger partial charge in [-0.05, 0) is 50.4 Å². The summed E-state index contributed by atoms with van der Waals surface area (Å²) in [6, 6.07) is 0. The molecule has 0 aliphatic heterocycles. The fourth-order valence-corrected chi connectivity index (χ4v) is 6.09. The van der Waals surface area contributed by atoms with Gasteiger partial charge in [0.15, 0.2) is 0 Å². The van der Waals surface area contributed by atoms with E-state index >= 15 is 0 Å². The van der Waals surface area contributed by atoms with Gasteiger partial charge in [-0.1, -0.05) is 0 Å². The zero-order valence-electron chi connectivity index (χ0n) is 16.3. The van der Waals surface area contributed by atoms with Crippen molar-refractivity contribution in [2.45, 2.75) is 67.8 Å². The predicted molar refractivity (Wildman–Crippen MR) is 97.7 cm³/mol. The number of halogens is 6. The number of esters is 1. The Labute approximate surface area is 206 Å². The third kappa shape index (κ3) is 5.17. The van der Waals surface area contributed by atoms with Crippen molar-refractivity contribution in [3.05, 3.63) is 0 Å². The van der Waals surface area contributed by atoms with E-state index in [1.54, 1.807) is 0 Å². The van der Waals surface area contributed by atoms with Crippen molar-refractivity contribution >= 4 is 51.6 Å². The minimum atomic E-state index is -6.44. The van der Waals surface area contributed by atoms with Crippen LogP contribution in [-0.4, -0.2) is 89.1 Å². The molecule has 2 atom stereocenters. The number of rotatable bonds is 9. The molecule has 4 fully saturated rings. The topological polar surface area (TPSA) is 127 Å². The minimum absolute atomic E-state index is 0. The van der Waals surface area contributed by atoms with E-state index in [2.05, 4.69) is 4.74 Å². The average Bonchev–Trinajstić information content (AvgIpc) is 2.58. The number of hydrogen-bond donors (Lipinski definition) is 2. The van der Waals surface area contributed by atoms with Crippen molar-refractivity contribution in [2.75, 3.05) is 6.61 Å². The first kappa shape index (κ1) is 28.6. The Hall–Kier alpha value is -0.610. The average molecular weight is 522 g/mol. The molecule has 4 saturated carbocycles. The molecule has 0 radical (unpaired) electrons. The SMILES string of the molecule is O=C(OCCC(F)(F)C(F)(F)S(=O)(=O)O)C12CC3CC(CC(OC(F)(F)C(=O)O)(C3)C1)C2.[NaH]. The van der Waals surface area contributed by atoms with Gasteiger partial charge in [-0.25, -0.2) is 4.79 Å². The van der Waals surface area contributed by atoms with E-state index in [4.69, 9.17) is 14.4 Å². The van der Waals surface area contributed by atoms with Gasteiger partial charge in [0.1, 0.15) is 0 Å². The molecule has 186 valence electrons. The van der Waals surface area contributed by atoms with Gasteiger partial charge in [0.25, 0.3) is 0 Å². The van der Waals surface area contributed by atoms with Gasteiger partial charge in [-0.15, -0.1) is 0 Å². The van der Waals surface area contributed by atoms with Crippen molar-refractivity contribution in [2.24, 2.45) is 17.3 Å². The monoisotopic (exact) mass is 522 g/mol. The van der Waals surface area contributed by atoms with Crippen molar-refractivity contribution in [3.8, 4) is 0 Å². The number of carbonyl (C=O) groups is 2. The Morgan fingerprint density at radius 1 is 1.00 bits per heavy atom. The van der Waals surface area contributed by atoms with Gasteiger partial charge in [0.2, 0.25) is 0 Å². The van der Waals surface area contributed by atoms with Crippen molar-refractivity contribution in [3.63, 3.8) is 0 Å². The van der Waals surface area contributed by atoms with Gasteiger partial charge in [0, 0.05) is 0 Å². The van der Waals surface area contributed by atoms with Crippen LogP contribution < -0.4 is 0 Å². The first-order chi connectivity index (χ1) is 14.3. The molecule has 2 unspecified atom stereocenters. The second kappa shape index (κ2) is 8.80. The zero-order chi connectivity index (χ0) is 24.4. The second-order valence-corrected chi connectivity index (χ2v) is 10.4. The zero-order valence-corrected chi connectivity index (χ0v) is 17.1. The van der Waals surface area contributed by atoms with E-state index in [1.807, 2.05) is 0 Å². The van der Waals surface area contributed by atoms with Crippen LogP contribution >= 0.6 is 0 Å². The van der Waals surface area contributed by atoms with Gasteiger partial charge in [0.05, 0.1) is 24.0 Å². The Bertz CT molecular complexity index is 897. The van der Waals surface area contributed by atoms with Gasteiger partial charge in [-0.3, -0.25) is 9.35 Å². The van der Waals surface area contributed by atoms with E-state index in [1.165, 1.54) is 0 Å². The van der Waals surface area contributed by atoms with E-state index in [-0.39, 0.29) is 73.5 Å². The molecule has 0 amide bonds. The molecule has 2 N–H and O–H groups in total. The first-order valence-electron chi connectivity index (χ1n) is 9.56. The Balaban J connectivity index is 0.00000385. The summed E-state index contributed by atoms with van der Waals surface area (Å²) in [5.74, 6) is -9.47. The standard InChI is InChI=1S/C17H20F6O8S.Na.H/c18-15(19,17(22,23)32(27,28)29)1-2-30-12(26)13-4-9-3-10(5-13)7-14(6-9,8-13)31-16(20,21)11(24)25;;/h9-10H,1-8H2,(H,24,25)(H,27,28,29);;. The molecule has 0 aromatic carbocycles. The fourth-order valence-electron chi connectivity index (χ4n) is 5.61. The molecule has 4 aliphatic rings. The van der Waals surface area contributed by atoms with Crippen molar-refractivity contribution in [1.82, 2.24) is 0 Å². The molecule has 4 aliphatic carbocycles. The van der Waals surface area contributed by atoms with E-state index < -0.39 is 63.4 Å². The molecule has 0 aromatic heterocycles. The molecule has 0 saturated heterocycles. The molecule has 0 heterocycles. The van der Waals surface area contributed by atoms with E-state index in [9.17, 15) is 44.3 Å². The number of ether oxygens (including phenoxy) is 2. The summed E-state index contributed by atoms with van der Waals surface area (Å²) in [5, 5.41) is 2.86. The summed E-state index contributed by atoms with van der Waals surface area (Å²) in [6.07, 6.45) is -5.80. The van der Waals surface area contributed by atoms with Crippen LogP contribution in [-0.2, 0) is 29.2 Å². The Morgan fingerprint density at radius 2 is 1.52 bits per heavy atom. The maximum atomic E-state index is 13.8. The van der Waals surface area contributed by atoms with Gasteiger partial charge < -0.3 is 14.6 Å². The number of hydrogen-bond acceptors (Lipinski definition) is 6. The molecule has 33 heavy (non-hydrogen) atoms. The van der Waals surface area contributed by atoms with Crippen LogP contribution in [0.4, 0.5) is 26.3 Å². The van der Waals surface area contributed by atoms with E-state index in [0.717, 1.165) is 0 Å². The second-order valence-electron chi connectivity index (χ2n) is 8.93. The van der Waals surface area contributed by atoms with Crippen LogP contribution in [0.3, 0.4) is 0 Å². The van der Waals surface area contributed by atoms with Crippen LogP contribution in [0.5, 0.6) is 0 Å². The third-order valence-corrected chi connectivity index (χ3v) is 7.38. The summed E-state index contributed by atoms with van der Waals surface area (Å²) in [7, 11) is -6.44. The normalized spacial score (nSPS) is 31.7. The van der Waals surface area contributed by atoms with Crippen LogP contribution in [0.25, 0.3) is 0 Å². The number of carboxylic acid groups (broad SMARTS) is 1. The maximum absolute atomic E-state index is 13.8. The molecular weight excluding hydrogens is 501 g/mol. The molecule has 16 heteroatoms. The molecular formula is C17H21F6NaO8S. The third-order valence-electron chi connectivity index (χ3n) is 6.43. The molecule has 8 nitrogen and oxygen atoms in total. The number of aliphatic carboxylic acids is 1. The Morgan fingerprint density at radius 3 is 1.97 bits per heavy atom. The Kier molecular flexibility index (Phi) is 7.64. The quantitative estimate of drug-likeness (QED) is 0.205. The van der Waals surface area contributed by atoms with Crippen LogP contribution in [0.1, 0.15) is 44.9 Å². The molecule has 4 rings (SSSR count). The van der Waals surface area contributed by atoms with Crippen molar-refractivity contribution < 1.29 is 63.5 Å². The fraction of sp³-hybridized carbons (Fsp3) is 0.882. The number of carbonyl (C=O) groups excluding carboxylic acids is 1. The summed E-state index contributed by atoms with van der Waals surface area (Å²) < 4.78 is 120. The van der Waals surface area contributed by atoms with Crippen LogP contribution in [0.2, 0.25) is 0 Å². The van der Waals surface area contributed by atoms with Crippen LogP contribution in [0.15, 0.2) is 0 Å². The number of alkyl halides is 6. The summed E-state index contributed by atoms with van der Waals surface area (Å²) in [5.41, 5.74) is -3.09. The van der Waals surface area contributed by atoms with E-state index in [0.29, 0.717) is 6.42 Å². The van der Waals surface area contributed by atoms with Crippen LogP contribution in [0, 0.1) is 17.3 Å². The molecule has 0 aromatic rings. The first-order valence-corrected chi connectivity index (χ1v) is 11.0.